The number of benzene rings is 1. The standard InChI is InChI=1S/C18H22F2O2/c1-2-15(18(21)22)14-8-5-12(6-9-14)3-4-13-7-10-16(19)17(20)11-13/h2,7,10-12,14H,3-6,8-9H2,1H3,(H,21,22)/t12-,14-. The Bertz CT molecular complexity index is 558. The Kier molecular flexibility index (Phi) is 5.69. The molecular formula is C18H22F2O2. The Morgan fingerprint density at radius 3 is 2.45 bits per heavy atom. The van der Waals surface area contributed by atoms with Gasteiger partial charge >= 0.3 is 5.97 Å². The topological polar surface area (TPSA) is 37.3 Å². The summed E-state index contributed by atoms with van der Waals surface area (Å²) in [5, 5.41) is 9.16. The Hall–Kier alpha value is -1.71. The molecule has 0 aromatic heterocycles. The zero-order chi connectivity index (χ0) is 16.1. The summed E-state index contributed by atoms with van der Waals surface area (Å²) in [5.41, 5.74) is 1.35. The number of aliphatic carboxylic acids is 1. The van der Waals surface area contributed by atoms with Gasteiger partial charge in [-0.15, -0.1) is 0 Å². The van der Waals surface area contributed by atoms with Crippen LogP contribution in [0.1, 0.15) is 44.6 Å². The van der Waals surface area contributed by atoms with Crippen molar-refractivity contribution < 1.29 is 18.7 Å². The fourth-order valence-corrected chi connectivity index (χ4v) is 3.36. The van der Waals surface area contributed by atoms with Crippen LogP contribution in [0.15, 0.2) is 29.8 Å². The second kappa shape index (κ2) is 7.52. The quantitative estimate of drug-likeness (QED) is 0.798. The molecular weight excluding hydrogens is 286 g/mol. The van der Waals surface area contributed by atoms with E-state index in [2.05, 4.69) is 0 Å². The number of rotatable bonds is 5. The molecule has 0 radical (unpaired) electrons. The van der Waals surface area contributed by atoms with Crippen LogP contribution in [0, 0.1) is 23.5 Å². The lowest BCUT2D eigenvalue weighted by molar-refractivity contribution is -0.133. The third kappa shape index (κ3) is 4.15. The van der Waals surface area contributed by atoms with Crippen LogP contribution >= 0.6 is 0 Å². The number of carboxylic acids is 1. The lowest BCUT2D eigenvalue weighted by Crippen LogP contribution is -2.20. The lowest BCUT2D eigenvalue weighted by atomic mass is 9.76. The maximum absolute atomic E-state index is 13.2. The van der Waals surface area contributed by atoms with E-state index in [0.717, 1.165) is 44.1 Å². The number of hydrogen-bond donors (Lipinski definition) is 1. The third-order valence-corrected chi connectivity index (χ3v) is 4.67. The minimum atomic E-state index is -0.812. The van der Waals surface area contributed by atoms with Crippen molar-refractivity contribution in [3.63, 3.8) is 0 Å². The molecule has 0 unspecified atom stereocenters. The van der Waals surface area contributed by atoms with Gasteiger partial charge < -0.3 is 5.11 Å². The molecule has 2 rings (SSSR count). The number of aryl methyl sites for hydroxylation is 1. The molecule has 0 spiro atoms. The number of allylic oxidation sites excluding steroid dienone is 1. The van der Waals surface area contributed by atoms with Crippen LogP contribution in [0.4, 0.5) is 8.78 Å². The highest BCUT2D eigenvalue weighted by molar-refractivity contribution is 5.87. The van der Waals surface area contributed by atoms with Crippen LogP contribution in [0.25, 0.3) is 0 Å². The molecule has 0 saturated heterocycles. The summed E-state index contributed by atoms with van der Waals surface area (Å²) in [7, 11) is 0. The summed E-state index contributed by atoms with van der Waals surface area (Å²) in [4.78, 5) is 11.1. The molecule has 0 atom stereocenters. The minimum absolute atomic E-state index is 0.155. The van der Waals surface area contributed by atoms with E-state index in [1.807, 2.05) is 0 Å². The van der Waals surface area contributed by atoms with Gasteiger partial charge in [0.05, 0.1) is 0 Å². The summed E-state index contributed by atoms with van der Waals surface area (Å²) in [5.74, 6) is -1.72. The summed E-state index contributed by atoms with van der Waals surface area (Å²) in [6, 6.07) is 4.07. The van der Waals surface area contributed by atoms with Crippen molar-refractivity contribution in [2.24, 2.45) is 11.8 Å². The molecule has 1 aliphatic carbocycles. The van der Waals surface area contributed by atoms with Crippen LogP contribution in [0.2, 0.25) is 0 Å². The molecule has 120 valence electrons. The highest BCUT2D eigenvalue weighted by Crippen LogP contribution is 2.35. The molecule has 0 amide bonds. The monoisotopic (exact) mass is 308 g/mol. The highest BCUT2D eigenvalue weighted by Gasteiger charge is 2.26. The summed E-state index contributed by atoms with van der Waals surface area (Å²) in [6.45, 7) is 1.78. The molecule has 2 nitrogen and oxygen atoms in total. The van der Waals surface area contributed by atoms with Gasteiger partial charge in [-0.1, -0.05) is 12.1 Å². The van der Waals surface area contributed by atoms with Gasteiger partial charge in [-0.2, -0.15) is 0 Å². The average molecular weight is 308 g/mol. The maximum atomic E-state index is 13.2. The van der Waals surface area contributed by atoms with Crippen LogP contribution < -0.4 is 0 Å². The lowest BCUT2D eigenvalue weighted by Gasteiger charge is -2.29. The highest BCUT2D eigenvalue weighted by atomic mass is 19.2. The molecule has 1 aliphatic rings. The van der Waals surface area contributed by atoms with Gasteiger partial charge in [0.1, 0.15) is 0 Å². The van der Waals surface area contributed by atoms with Crippen molar-refractivity contribution in [3.05, 3.63) is 47.0 Å². The second-order valence-corrected chi connectivity index (χ2v) is 6.05. The zero-order valence-corrected chi connectivity index (χ0v) is 12.8. The first kappa shape index (κ1) is 16.7. The van der Waals surface area contributed by atoms with Crippen LogP contribution in [0.5, 0.6) is 0 Å². The normalized spacial score (nSPS) is 22.6. The Balaban J connectivity index is 1.82. The van der Waals surface area contributed by atoms with Gasteiger partial charge in [0.15, 0.2) is 11.6 Å². The van der Waals surface area contributed by atoms with Crippen molar-refractivity contribution in [1.29, 1.82) is 0 Å². The van der Waals surface area contributed by atoms with Crippen molar-refractivity contribution >= 4 is 5.97 Å². The number of carboxylic acid groups (broad SMARTS) is 1. The minimum Gasteiger partial charge on any atom is -0.478 e. The molecule has 4 heteroatoms. The maximum Gasteiger partial charge on any atom is 0.331 e. The molecule has 0 aliphatic heterocycles. The van der Waals surface area contributed by atoms with Crippen molar-refractivity contribution in [1.82, 2.24) is 0 Å². The molecule has 0 heterocycles. The van der Waals surface area contributed by atoms with Gasteiger partial charge in [0.25, 0.3) is 0 Å². The molecule has 1 aromatic rings. The average Bonchev–Trinajstić information content (AvgIpc) is 2.50. The van der Waals surface area contributed by atoms with E-state index in [9.17, 15) is 13.6 Å². The van der Waals surface area contributed by atoms with Crippen LogP contribution in [0.3, 0.4) is 0 Å². The zero-order valence-electron chi connectivity index (χ0n) is 12.8. The Morgan fingerprint density at radius 2 is 1.91 bits per heavy atom. The van der Waals surface area contributed by atoms with E-state index in [4.69, 9.17) is 5.11 Å². The largest absolute Gasteiger partial charge is 0.478 e. The van der Waals surface area contributed by atoms with E-state index >= 15 is 0 Å². The molecule has 0 bridgehead atoms. The molecule has 1 aromatic carbocycles. The van der Waals surface area contributed by atoms with E-state index in [1.165, 1.54) is 12.1 Å². The SMILES string of the molecule is CC=C(C(=O)O)[C@H]1CC[C@H](CCc2ccc(F)c(F)c2)CC1. The van der Waals surface area contributed by atoms with E-state index in [0.29, 0.717) is 11.5 Å². The summed E-state index contributed by atoms with van der Waals surface area (Å²) >= 11 is 0. The van der Waals surface area contributed by atoms with Gasteiger partial charge in [-0.05, 0) is 75.0 Å². The van der Waals surface area contributed by atoms with Gasteiger partial charge in [0, 0.05) is 5.57 Å². The van der Waals surface area contributed by atoms with Crippen molar-refractivity contribution in [2.75, 3.05) is 0 Å². The third-order valence-electron chi connectivity index (χ3n) is 4.67. The van der Waals surface area contributed by atoms with Crippen LogP contribution in [-0.4, -0.2) is 11.1 Å². The van der Waals surface area contributed by atoms with Crippen molar-refractivity contribution in [3.8, 4) is 0 Å². The Labute approximate surface area is 129 Å². The van der Waals surface area contributed by atoms with Gasteiger partial charge in [-0.25, -0.2) is 13.6 Å². The van der Waals surface area contributed by atoms with Gasteiger partial charge in [-0.3, -0.25) is 0 Å². The summed E-state index contributed by atoms with van der Waals surface area (Å²) in [6.07, 6.45) is 7.17. The predicted molar refractivity (Wildman–Crippen MR) is 81.5 cm³/mol. The first-order chi connectivity index (χ1) is 10.5. The first-order valence-corrected chi connectivity index (χ1v) is 7.84. The molecule has 22 heavy (non-hydrogen) atoms. The van der Waals surface area contributed by atoms with Crippen LogP contribution in [-0.2, 0) is 11.2 Å². The van der Waals surface area contributed by atoms with E-state index in [1.54, 1.807) is 19.1 Å². The molecule has 1 fully saturated rings. The van der Waals surface area contributed by atoms with E-state index in [-0.39, 0.29) is 5.92 Å². The van der Waals surface area contributed by atoms with Gasteiger partial charge in [0.2, 0.25) is 0 Å². The Morgan fingerprint density at radius 1 is 1.23 bits per heavy atom. The second-order valence-electron chi connectivity index (χ2n) is 6.05. The summed E-state index contributed by atoms with van der Waals surface area (Å²) < 4.78 is 26.0. The first-order valence-electron chi connectivity index (χ1n) is 7.84. The molecule has 1 saturated carbocycles. The fourth-order valence-electron chi connectivity index (χ4n) is 3.36. The number of carbonyl (C=O) groups is 1. The van der Waals surface area contributed by atoms with E-state index < -0.39 is 17.6 Å². The number of hydrogen-bond acceptors (Lipinski definition) is 1. The molecule has 1 N–H and O–H groups in total. The smallest absolute Gasteiger partial charge is 0.331 e. The van der Waals surface area contributed by atoms with Crippen molar-refractivity contribution in [2.45, 2.75) is 45.4 Å². The fraction of sp³-hybridized carbons (Fsp3) is 0.500. The number of halogens is 2. The predicted octanol–water partition coefficient (Wildman–Crippen LogP) is 4.73.